The molecule has 3 rings (SSSR count). The second kappa shape index (κ2) is 12.0. The lowest BCUT2D eigenvalue weighted by atomic mass is 10.1. The highest BCUT2D eigenvalue weighted by atomic mass is 32.1. The molecule has 38 heavy (non-hydrogen) atoms. The Kier molecular flexibility index (Phi) is 9.03. The summed E-state index contributed by atoms with van der Waals surface area (Å²) in [7, 11) is 1.39. The van der Waals surface area contributed by atoms with E-state index in [2.05, 4.69) is 0 Å². The van der Waals surface area contributed by atoms with Gasteiger partial charge in [0.15, 0.2) is 0 Å². The van der Waals surface area contributed by atoms with Crippen LogP contribution in [0, 0.1) is 24.1 Å². The lowest BCUT2D eigenvalue weighted by molar-refractivity contribution is -0.120. The van der Waals surface area contributed by atoms with E-state index >= 15 is 0 Å². The summed E-state index contributed by atoms with van der Waals surface area (Å²) < 4.78 is 32.5. The number of carbonyl (C=O) groups is 2. The van der Waals surface area contributed by atoms with Crippen LogP contribution in [0.25, 0.3) is 10.2 Å². The highest BCUT2D eigenvalue weighted by molar-refractivity contribution is 7.20. The third kappa shape index (κ3) is 5.46. The van der Waals surface area contributed by atoms with E-state index in [1.807, 2.05) is 6.07 Å². The standard InChI is InChI=1S/C25H27FN4O7S/c1-5-36-24(33)20-13(2)19-22(32)30(14(3)21(28)31)25(34)29(23(19)38-20)12-18(37-10-6-9-27)16-11-15(26)7-8-17(16)35-4/h7-8,11,14,18H,5-6,10,12H2,1-4H3,(H2,28,31)/t14-,18-/m0/s1. The second-order valence-electron chi connectivity index (χ2n) is 8.26. The van der Waals surface area contributed by atoms with Crippen molar-refractivity contribution >= 4 is 33.4 Å². The molecule has 0 aliphatic heterocycles. The Hall–Kier alpha value is -4.02. The summed E-state index contributed by atoms with van der Waals surface area (Å²) in [6.45, 7) is 4.26. The Bertz CT molecular complexity index is 1540. The average Bonchev–Trinajstić information content (AvgIpc) is 3.22. The van der Waals surface area contributed by atoms with Crippen LogP contribution in [-0.2, 0) is 20.8 Å². The van der Waals surface area contributed by atoms with E-state index in [-0.39, 0.29) is 58.1 Å². The summed E-state index contributed by atoms with van der Waals surface area (Å²) in [5.74, 6) is -1.91. The van der Waals surface area contributed by atoms with Gasteiger partial charge in [-0.3, -0.25) is 14.2 Å². The highest BCUT2D eigenvalue weighted by Gasteiger charge is 2.29. The maximum absolute atomic E-state index is 14.3. The van der Waals surface area contributed by atoms with Crippen LogP contribution in [0.5, 0.6) is 5.75 Å². The van der Waals surface area contributed by atoms with Crippen LogP contribution in [0.1, 0.15) is 53.2 Å². The zero-order chi connectivity index (χ0) is 28.1. The molecular weight excluding hydrogens is 519 g/mol. The van der Waals surface area contributed by atoms with Crippen molar-refractivity contribution in [1.82, 2.24) is 9.13 Å². The number of aryl methyl sites for hydroxylation is 1. The molecule has 1 amide bonds. The fourth-order valence-electron chi connectivity index (χ4n) is 4.00. The molecule has 0 aliphatic rings. The van der Waals surface area contributed by atoms with Crippen LogP contribution in [0.4, 0.5) is 4.39 Å². The van der Waals surface area contributed by atoms with E-state index in [1.54, 1.807) is 6.92 Å². The number of hydrogen-bond acceptors (Lipinski definition) is 9. The van der Waals surface area contributed by atoms with Gasteiger partial charge in [-0.2, -0.15) is 5.26 Å². The lowest BCUT2D eigenvalue weighted by Gasteiger charge is -2.23. The fraction of sp³-hybridized carbons (Fsp3) is 0.400. The van der Waals surface area contributed by atoms with Gasteiger partial charge in [-0.1, -0.05) is 0 Å². The van der Waals surface area contributed by atoms with E-state index in [9.17, 15) is 23.6 Å². The molecule has 0 fully saturated rings. The molecule has 0 saturated heterocycles. The summed E-state index contributed by atoms with van der Waals surface area (Å²) in [5.41, 5.74) is 4.29. The molecule has 11 nitrogen and oxygen atoms in total. The Balaban J connectivity index is 2.35. The van der Waals surface area contributed by atoms with Gasteiger partial charge in [0, 0.05) is 5.56 Å². The molecule has 202 valence electrons. The molecule has 2 heterocycles. The molecule has 2 aromatic heterocycles. The largest absolute Gasteiger partial charge is 0.496 e. The van der Waals surface area contributed by atoms with Gasteiger partial charge in [0.25, 0.3) is 5.56 Å². The SMILES string of the molecule is CCOC(=O)c1sc2c(c1C)c(=O)n([C@@H](C)C(N)=O)c(=O)n2C[C@H](OCCC#N)c1cc(F)ccc1OC. The Morgan fingerprint density at radius 3 is 2.61 bits per heavy atom. The Morgan fingerprint density at radius 1 is 1.29 bits per heavy atom. The van der Waals surface area contributed by atoms with Gasteiger partial charge in [0.05, 0.1) is 44.7 Å². The first-order valence-corrected chi connectivity index (χ1v) is 12.5. The number of ether oxygens (including phenoxy) is 3. The first kappa shape index (κ1) is 28.5. The van der Waals surface area contributed by atoms with Crippen LogP contribution < -0.4 is 21.7 Å². The number of esters is 1. The number of benzene rings is 1. The predicted octanol–water partition coefficient (Wildman–Crippen LogP) is 2.58. The molecule has 2 N–H and O–H groups in total. The monoisotopic (exact) mass is 546 g/mol. The zero-order valence-electron chi connectivity index (χ0n) is 21.3. The third-order valence-electron chi connectivity index (χ3n) is 5.92. The van der Waals surface area contributed by atoms with E-state index in [1.165, 1.54) is 43.7 Å². The number of nitriles is 1. The molecule has 0 bridgehead atoms. The van der Waals surface area contributed by atoms with Gasteiger partial charge in [-0.05, 0) is 44.5 Å². The van der Waals surface area contributed by atoms with Gasteiger partial charge >= 0.3 is 11.7 Å². The summed E-state index contributed by atoms with van der Waals surface area (Å²) >= 11 is 0.880. The van der Waals surface area contributed by atoms with Crippen molar-refractivity contribution in [3.63, 3.8) is 0 Å². The van der Waals surface area contributed by atoms with Gasteiger partial charge in [-0.25, -0.2) is 18.5 Å². The first-order valence-electron chi connectivity index (χ1n) is 11.6. The predicted molar refractivity (Wildman–Crippen MR) is 137 cm³/mol. The second-order valence-corrected chi connectivity index (χ2v) is 9.26. The van der Waals surface area contributed by atoms with Crippen LogP contribution in [0.3, 0.4) is 0 Å². The zero-order valence-corrected chi connectivity index (χ0v) is 22.1. The normalized spacial score (nSPS) is 12.6. The molecule has 0 saturated carbocycles. The molecule has 13 heteroatoms. The molecule has 0 aliphatic carbocycles. The van der Waals surface area contributed by atoms with E-state index in [4.69, 9.17) is 25.2 Å². The maximum Gasteiger partial charge on any atom is 0.348 e. The van der Waals surface area contributed by atoms with Crippen molar-refractivity contribution in [1.29, 1.82) is 5.26 Å². The number of carbonyl (C=O) groups excluding carboxylic acids is 2. The minimum Gasteiger partial charge on any atom is -0.496 e. The number of nitrogens with zero attached hydrogens (tertiary/aromatic N) is 3. The van der Waals surface area contributed by atoms with Gasteiger partial charge in [0.2, 0.25) is 5.91 Å². The van der Waals surface area contributed by atoms with Crippen LogP contribution in [0.2, 0.25) is 0 Å². The topological polar surface area (TPSA) is 156 Å². The minimum absolute atomic E-state index is 0.0156. The van der Waals surface area contributed by atoms with Gasteiger partial charge in [0.1, 0.15) is 33.4 Å². The Morgan fingerprint density at radius 2 is 2.00 bits per heavy atom. The fourth-order valence-corrected chi connectivity index (χ4v) is 5.19. The molecular formula is C25H27FN4O7S. The number of primary amides is 1. The van der Waals surface area contributed by atoms with Gasteiger partial charge < -0.3 is 19.9 Å². The molecule has 2 atom stereocenters. The number of rotatable bonds is 11. The summed E-state index contributed by atoms with van der Waals surface area (Å²) in [4.78, 5) is 52.0. The summed E-state index contributed by atoms with van der Waals surface area (Å²) in [6, 6.07) is 4.42. The number of hydrogen-bond donors (Lipinski definition) is 1. The van der Waals surface area contributed by atoms with Crippen molar-refractivity contribution in [2.75, 3.05) is 20.3 Å². The number of nitrogens with two attached hydrogens (primary N) is 1. The first-order chi connectivity index (χ1) is 18.1. The van der Waals surface area contributed by atoms with Crippen molar-refractivity contribution in [3.05, 3.63) is 60.9 Å². The third-order valence-corrected chi connectivity index (χ3v) is 7.22. The van der Waals surface area contributed by atoms with Crippen molar-refractivity contribution in [3.8, 4) is 11.8 Å². The number of aromatic nitrogens is 2. The van der Waals surface area contributed by atoms with Crippen LogP contribution in [0.15, 0.2) is 27.8 Å². The quantitative estimate of drug-likeness (QED) is 0.284. The number of methoxy groups -OCH3 is 1. The molecule has 0 radical (unpaired) electrons. The molecule has 0 unspecified atom stereocenters. The minimum atomic E-state index is -1.31. The number of amides is 1. The number of thiophene rings is 1. The van der Waals surface area contributed by atoms with E-state index in [0.717, 1.165) is 11.3 Å². The van der Waals surface area contributed by atoms with Crippen LogP contribution >= 0.6 is 11.3 Å². The molecule has 3 aromatic rings. The van der Waals surface area contributed by atoms with Crippen LogP contribution in [-0.4, -0.2) is 41.3 Å². The Labute approximate surface area is 220 Å². The van der Waals surface area contributed by atoms with E-state index in [0.29, 0.717) is 4.57 Å². The lowest BCUT2D eigenvalue weighted by Crippen LogP contribution is -2.45. The highest BCUT2D eigenvalue weighted by Crippen LogP contribution is 2.33. The van der Waals surface area contributed by atoms with Crippen molar-refractivity contribution < 1.29 is 28.2 Å². The molecule has 1 aromatic carbocycles. The van der Waals surface area contributed by atoms with Crippen molar-refractivity contribution in [2.24, 2.45) is 5.73 Å². The summed E-state index contributed by atoms with van der Waals surface area (Å²) in [5, 5.41) is 9.02. The van der Waals surface area contributed by atoms with Crippen molar-refractivity contribution in [2.45, 2.75) is 45.9 Å². The number of halogens is 1. The van der Waals surface area contributed by atoms with Gasteiger partial charge in [-0.15, -0.1) is 11.3 Å². The average molecular weight is 547 g/mol. The summed E-state index contributed by atoms with van der Waals surface area (Å²) in [6.07, 6.45) is -1.000. The maximum atomic E-state index is 14.3. The number of fused-ring (bicyclic) bond motifs is 1. The molecule has 0 spiro atoms. The van der Waals surface area contributed by atoms with E-state index < -0.39 is 41.1 Å². The smallest absolute Gasteiger partial charge is 0.348 e.